The van der Waals surface area contributed by atoms with Crippen molar-refractivity contribution in [2.45, 2.75) is 32.3 Å². The lowest BCUT2D eigenvalue weighted by Gasteiger charge is -2.17. The van der Waals surface area contributed by atoms with Crippen molar-refractivity contribution in [2.75, 3.05) is 25.4 Å². The van der Waals surface area contributed by atoms with Gasteiger partial charge in [0.25, 0.3) is 0 Å². The molecule has 0 saturated carbocycles. The van der Waals surface area contributed by atoms with Gasteiger partial charge in [0.2, 0.25) is 0 Å². The van der Waals surface area contributed by atoms with Gasteiger partial charge in [-0.25, -0.2) is 4.98 Å². The highest BCUT2D eigenvalue weighted by Crippen LogP contribution is 2.20. The molecule has 0 aliphatic rings. The second-order valence-corrected chi connectivity index (χ2v) is 5.13. The van der Waals surface area contributed by atoms with Gasteiger partial charge in [-0.3, -0.25) is 0 Å². The van der Waals surface area contributed by atoms with Crippen molar-refractivity contribution >= 4 is 11.8 Å². The van der Waals surface area contributed by atoms with E-state index in [1.807, 2.05) is 18.0 Å². The molecular weight excluding hydrogens is 230 g/mol. The van der Waals surface area contributed by atoms with Crippen molar-refractivity contribution in [3.8, 4) is 0 Å². The van der Waals surface area contributed by atoms with Crippen molar-refractivity contribution in [3.63, 3.8) is 0 Å². The number of hydrogen-bond donors (Lipinski definition) is 1. The van der Waals surface area contributed by atoms with Gasteiger partial charge < -0.3 is 10.6 Å². The van der Waals surface area contributed by atoms with E-state index in [1.54, 1.807) is 0 Å². The number of hydrogen-bond acceptors (Lipinski definition) is 4. The van der Waals surface area contributed by atoms with Crippen LogP contribution in [0.25, 0.3) is 0 Å². The summed E-state index contributed by atoms with van der Waals surface area (Å²) in [4.78, 5) is 6.89. The number of aromatic nitrogens is 1. The first-order chi connectivity index (χ1) is 8.21. The van der Waals surface area contributed by atoms with Crippen molar-refractivity contribution in [2.24, 2.45) is 5.73 Å². The number of nitrogens with zero attached hydrogens (tertiary/aromatic N) is 2. The molecule has 1 heterocycles. The van der Waals surface area contributed by atoms with E-state index in [4.69, 9.17) is 5.73 Å². The van der Waals surface area contributed by atoms with Gasteiger partial charge in [-0.1, -0.05) is 19.9 Å². The fraction of sp³-hybridized carbons (Fsp3) is 0.615. The van der Waals surface area contributed by atoms with E-state index >= 15 is 0 Å². The Labute approximate surface area is 109 Å². The molecule has 0 unspecified atom stereocenters. The number of thioether (sulfide) groups is 1. The van der Waals surface area contributed by atoms with Crippen LogP contribution in [-0.4, -0.2) is 35.3 Å². The Balaban J connectivity index is 2.46. The quantitative estimate of drug-likeness (QED) is 0.757. The predicted molar refractivity (Wildman–Crippen MR) is 75.4 cm³/mol. The second kappa shape index (κ2) is 7.69. The van der Waals surface area contributed by atoms with Crippen LogP contribution in [-0.2, 0) is 6.54 Å². The van der Waals surface area contributed by atoms with Gasteiger partial charge in [0.1, 0.15) is 0 Å². The van der Waals surface area contributed by atoms with Crippen LogP contribution in [0.1, 0.15) is 25.0 Å². The summed E-state index contributed by atoms with van der Waals surface area (Å²) in [7, 11) is 0. The Hall–Kier alpha value is -0.580. The highest BCUT2D eigenvalue weighted by Gasteiger charge is 2.04. The van der Waals surface area contributed by atoms with Gasteiger partial charge in [-0.05, 0) is 31.1 Å². The molecule has 0 aromatic carbocycles. The molecule has 0 spiro atoms. The summed E-state index contributed by atoms with van der Waals surface area (Å²) < 4.78 is 0. The molecule has 0 aliphatic heterocycles. The maximum atomic E-state index is 5.59. The molecule has 1 aromatic rings. The molecule has 0 fully saturated rings. The molecule has 17 heavy (non-hydrogen) atoms. The normalized spacial score (nSPS) is 11.1. The Bertz CT molecular complexity index is 337. The Morgan fingerprint density at radius 2 is 2.06 bits per heavy atom. The molecule has 4 heteroatoms. The molecule has 1 aromatic heterocycles. The molecule has 0 amide bonds. The van der Waals surface area contributed by atoms with Crippen molar-refractivity contribution < 1.29 is 0 Å². The average Bonchev–Trinajstić information content (AvgIpc) is 2.36. The van der Waals surface area contributed by atoms with Crippen LogP contribution < -0.4 is 5.73 Å². The first-order valence-electron chi connectivity index (χ1n) is 6.22. The topological polar surface area (TPSA) is 42.2 Å². The van der Waals surface area contributed by atoms with E-state index in [-0.39, 0.29) is 0 Å². The second-order valence-electron chi connectivity index (χ2n) is 4.05. The lowest BCUT2D eigenvalue weighted by atomic mass is 10.2. The van der Waals surface area contributed by atoms with Gasteiger partial charge in [0, 0.05) is 25.0 Å². The molecule has 0 aliphatic carbocycles. The highest BCUT2D eigenvalue weighted by molar-refractivity contribution is 7.99. The molecule has 0 atom stereocenters. The third-order valence-corrected chi connectivity index (χ3v) is 3.95. The van der Waals surface area contributed by atoms with E-state index in [9.17, 15) is 0 Å². The zero-order valence-corrected chi connectivity index (χ0v) is 11.9. The SMILES string of the molecule is CCN(CC)CCSc1ncc(CN)cc1C. The summed E-state index contributed by atoms with van der Waals surface area (Å²) in [6.45, 7) is 10.4. The molecule has 1 rings (SSSR count). The summed E-state index contributed by atoms with van der Waals surface area (Å²) in [6, 6.07) is 2.13. The van der Waals surface area contributed by atoms with Crippen LogP contribution in [0.5, 0.6) is 0 Å². The Morgan fingerprint density at radius 3 is 2.59 bits per heavy atom. The maximum absolute atomic E-state index is 5.59. The third kappa shape index (κ3) is 4.66. The number of rotatable bonds is 7. The van der Waals surface area contributed by atoms with E-state index in [2.05, 4.69) is 36.7 Å². The summed E-state index contributed by atoms with van der Waals surface area (Å²) in [6.07, 6.45) is 1.88. The summed E-state index contributed by atoms with van der Waals surface area (Å²) >= 11 is 1.83. The first kappa shape index (κ1) is 14.5. The van der Waals surface area contributed by atoms with E-state index in [0.717, 1.165) is 36.0 Å². The van der Waals surface area contributed by atoms with Crippen molar-refractivity contribution in [3.05, 3.63) is 23.4 Å². The lowest BCUT2D eigenvalue weighted by molar-refractivity contribution is 0.324. The zero-order valence-electron chi connectivity index (χ0n) is 11.1. The van der Waals surface area contributed by atoms with Crippen LogP contribution in [0.15, 0.2) is 17.3 Å². The van der Waals surface area contributed by atoms with Crippen LogP contribution in [0.3, 0.4) is 0 Å². The monoisotopic (exact) mass is 253 g/mol. The summed E-state index contributed by atoms with van der Waals surface area (Å²) in [5, 5.41) is 1.13. The fourth-order valence-electron chi connectivity index (χ4n) is 1.69. The molecule has 0 bridgehead atoms. The smallest absolute Gasteiger partial charge is 0.0989 e. The van der Waals surface area contributed by atoms with Crippen LogP contribution in [0, 0.1) is 6.92 Å². The molecule has 0 saturated heterocycles. The molecule has 3 nitrogen and oxygen atoms in total. The maximum Gasteiger partial charge on any atom is 0.0989 e. The van der Waals surface area contributed by atoms with E-state index in [1.165, 1.54) is 5.56 Å². The lowest BCUT2D eigenvalue weighted by Crippen LogP contribution is -2.25. The van der Waals surface area contributed by atoms with Crippen LogP contribution >= 0.6 is 11.8 Å². The first-order valence-corrected chi connectivity index (χ1v) is 7.20. The van der Waals surface area contributed by atoms with Crippen LogP contribution in [0.4, 0.5) is 0 Å². The fourth-order valence-corrected chi connectivity index (χ4v) is 2.65. The summed E-state index contributed by atoms with van der Waals surface area (Å²) in [5.41, 5.74) is 7.93. The summed E-state index contributed by atoms with van der Waals surface area (Å²) in [5.74, 6) is 1.09. The van der Waals surface area contributed by atoms with Gasteiger partial charge in [-0.15, -0.1) is 11.8 Å². The van der Waals surface area contributed by atoms with Crippen molar-refractivity contribution in [1.82, 2.24) is 9.88 Å². The third-order valence-electron chi connectivity index (χ3n) is 2.86. The minimum absolute atomic E-state index is 0.568. The van der Waals surface area contributed by atoms with E-state index < -0.39 is 0 Å². The standard InChI is InChI=1S/C13H23N3S/c1-4-16(5-2)6-7-17-13-11(3)8-12(9-14)10-15-13/h8,10H,4-7,9,14H2,1-3H3. The molecule has 0 radical (unpaired) electrons. The van der Waals surface area contributed by atoms with Gasteiger partial charge in [0.15, 0.2) is 0 Å². The largest absolute Gasteiger partial charge is 0.326 e. The number of nitrogens with two attached hydrogens (primary N) is 1. The van der Waals surface area contributed by atoms with Crippen molar-refractivity contribution in [1.29, 1.82) is 0 Å². The molecule has 2 N–H and O–H groups in total. The zero-order chi connectivity index (χ0) is 12.7. The van der Waals surface area contributed by atoms with E-state index in [0.29, 0.717) is 6.54 Å². The molecule has 96 valence electrons. The Kier molecular flexibility index (Phi) is 6.55. The predicted octanol–water partition coefficient (Wildman–Crippen LogP) is 2.28. The number of pyridine rings is 1. The van der Waals surface area contributed by atoms with Gasteiger partial charge in [-0.2, -0.15) is 0 Å². The van der Waals surface area contributed by atoms with Gasteiger partial charge in [0.05, 0.1) is 5.03 Å². The average molecular weight is 253 g/mol. The minimum Gasteiger partial charge on any atom is -0.326 e. The highest BCUT2D eigenvalue weighted by atomic mass is 32.2. The minimum atomic E-state index is 0.568. The molecular formula is C13H23N3S. The Morgan fingerprint density at radius 1 is 1.35 bits per heavy atom. The number of aryl methyl sites for hydroxylation is 1. The van der Waals surface area contributed by atoms with Crippen LogP contribution in [0.2, 0.25) is 0 Å². The van der Waals surface area contributed by atoms with Gasteiger partial charge >= 0.3 is 0 Å².